The number of oxime groups is 1. The Kier molecular flexibility index (Phi) is 4.43. The van der Waals surface area contributed by atoms with Crippen molar-refractivity contribution in [3.05, 3.63) is 30.1 Å². The van der Waals surface area contributed by atoms with E-state index in [1.165, 1.54) is 5.56 Å². The molecular weight excluding hydrogens is 180 g/mol. The van der Waals surface area contributed by atoms with Crippen LogP contribution in [-0.4, -0.2) is 29.1 Å². The fraction of sp³-hybridized carbons (Fsp3) is 0.333. The molecule has 0 saturated heterocycles. The molecular formula is C9H14N4O. The lowest BCUT2D eigenvalue weighted by atomic mass is 10.2. The minimum Gasteiger partial charge on any atom is -0.409 e. The standard InChI is InChI=1S/C9H14N4O/c10-9(13-14)7-12-5-3-8-2-1-4-11-6-8/h1-2,4,6,12,14H,3,5,7H2,(H2,10,13). The Morgan fingerprint density at radius 1 is 1.64 bits per heavy atom. The first kappa shape index (κ1) is 10.5. The summed E-state index contributed by atoms with van der Waals surface area (Å²) in [6, 6.07) is 3.91. The smallest absolute Gasteiger partial charge is 0.153 e. The molecule has 0 bridgehead atoms. The maximum Gasteiger partial charge on any atom is 0.153 e. The Morgan fingerprint density at radius 3 is 3.14 bits per heavy atom. The first-order valence-corrected chi connectivity index (χ1v) is 4.39. The molecule has 0 saturated carbocycles. The molecule has 1 aromatic rings. The molecule has 0 spiro atoms. The molecule has 0 aliphatic heterocycles. The van der Waals surface area contributed by atoms with Crippen LogP contribution in [0.25, 0.3) is 0 Å². The Hall–Kier alpha value is -1.62. The molecule has 1 rings (SSSR count). The molecule has 0 atom stereocenters. The number of rotatable bonds is 5. The van der Waals surface area contributed by atoms with Gasteiger partial charge in [-0.1, -0.05) is 11.2 Å². The third-order valence-electron chi connectivity index (χ3n) is 1.75. The second-order valence-corrected chi connectivity index (χ2v) is 2.88. The van der Waals surface area contributed by atoms with Crippen molar-refractivity contribution in [1.29, 1.82) is 0 Å². The number of nitrogens with one attached hydrogen (secondary N) is 1. The molecule has 14 heavy (non-hydrogen) atoms. The molecule has 0 aliphatic rings. The van der Waals surface area contributed by atoms with E-state index in [4.69, 9.17) is 10.9 Å². The van der Waals surface area contributed by atoms with Crippen LogP contribution in [0.15, 0.2) is 29.7 Å². The lowest BCUT2D eigenvalue weighted by molar-refractivity contribution is 0.317. The highest BCUT2D eigenvalue weighted by Gasteiger charge is 1.93. The van der Waals surface area contributed by atoms with E-state index in [0.29, 0.717) is 6.54 Å². The molecule has 4 N–H and O–H groups in total. The molecule has 1 aromatic heterocycles. The van der Waals surface area contributed by atoms with Crippen LogP contribution in [0.1, 0.15) is 5.56 Å². The summed E-state index contributed by atoms with van der Waals surface area (Å²) in [5, 5.41) is 14.2. The van der Waals surface area contributed by atoms with Crippen molar-refractivity contribution in [2.24, 2.45) is 10.9 Å². The minimum absolute atomic E-state index is 0.191. The van der Waals surface area contributed by atoms with Crippen LogP contribution in [0.3, 0.4) is 0 Å². The predicted molar refractivity (Wildman–Crippen MR) is 54.2 cm³/mol. The van der Waals surface area contributed by atoms with E-state index in [1.807, 2.05) is 18.3 Å². The average Bonchev–Trinajstić information content (AvgIpc) is 2.25. The summed E-state index contributed by atoms with van der Waals surface area (Å²) in [4.78, 5) is 4.00. The summed E-state index contributed by atoms with van der Waals surface area (Å²) in [5.74, 6) is 0.191. The van der Waals surface area contributed by atoms with Gasteiger partial charge in [0.1, 0.15) is 0 Å². The van der Waals surface area contributed by atoms with E-state index in [1.54, 1.807) is 6.20 Å². The van der Waals surface area contributed by atoms with Gasteiger partial charge in [-0.05, 0) is 24.6 Å². The van der Waals surface area contributed by atoms with E-state index in [0.717, 1.165) is 13.0 Å². The van der Waals surface area contributed by atoms with Crippen LogP contribution in [0, 0.1) is 0 Å². The Bertz CT molecular complexity index is 286. The van der Waals surface area contributed by atoms with Crippen molar-refractivity contribution in [3.8, 4) is 0 Å². The van der Waals surface area contributed by atoms with Crippen molar-refractivity contribution >= 4 is 5.84 Å². The fourth-order valence-corrected chi connectivity index (χ4v) is 1.03. The Labute approximate surface area is 82.6 Å². The van der Waals surface area contributed by atoms with Gasteiger partial charge in [-0.15, -0.1) is 0 Å². The van der Waals surface area contributed by atoms with Crippen LogP contribution >= 0.6 is 0 Å². The number of nitrogens with zero attached hydrogens (tertiary/aromatic N) is 2. The van der Waals surface area contributed by atoms with Crippen LogP contribution in [-0.2, 0) is 6.42 Å². The third-order valence-corrected chi connectivity index (χ3v) is 1.75. The molecule has 0 unspecified atom stereocenters. The Balaban J connectivity index is 2.17. The predicted octanol–water partition coefficient (Wildman–Crippen LogP) is -0.0399. The summed E-state index contributed by atoms with van der Waals surface area (Å²) >= 11 is 0. The zero-order chi connectivity index (χ0) is 10.2. The number of hydrogen-bond donors (Lipinski definition) is 3. The molecule has 0 amide bonds. The molecule has 5 nitrogen and oxygen atoms in total. The number of amidine groups is 1. The van der Waals surface area contributed by atoms with Crippen molar-refractivity contribution in [2.75, 3.05) is 13.1 Å². The van der Waals surface area contributed by atoms with Gasteiger partial charge in [-0.3, -0.25) is 4.98 Å². The maximum atomic E-state index is 8.26. The molecule has 0 aromatic carbocycles. The van der Waals surface area contributed by atoms with E-state index >= 15 is 0 Å². The van der Waals surface area contributed by atoms with Crippen molar-refractivity contribution < 1.29 is 5.21 Å². The third kappa shape index (κ3) is 3.86. The van der Waals surface area contributed by atoms with Gasteiger partial charge < -0.3 is 16.3 Å². The van der Waals surface area contributed by atoms with Crippen LogP contribution < -0.4 is 11.1 Å². The topological polar surface area (TPSA) is 83.5 Å². The summed E-state index contributed by atoms with van der Waals surface area (Å²) < 4.78 is 0. The molecule has 1 heterocycles. The van der Waals surface area contributed by atoms with Gasteiger partial charge in [0.05, 0.1) is 6.54 Å². The summed E-state index contributed by atoms with van der Waals surface area (Å²) in [7, 11) is 0. The van der Waals surface area contributed by atoms with Gasteiger partial charge in [0.2, 0.25) is 0 Å². The van der Waals surface area contributed by atoms with Crippen molar-refractivity contribution in [2.45, 2.75) is 6.42 Å². The van der Waals surface area contributed by atoms with Gasteiger partial charge in [-0.25, -0.2) is 0 Å². The van der Waals surface area contributed by atoms with Crippen LogP contribution in [0.2, 0.25) is 0 Å². The molecule has 76 valence electrons. The van der Waals surface area contributed by atoms with Crippen molar-refractivity contribution in [1.82, 2.24) is 10.3 Å². The number of pyridine rings is 1. The first-order chi connectivity index (χ1) is 6.83. The number of aromatic nitrogens is 1. The zero-order valence-corrected chi connectivity index (χ0v) is 7.85. The lowest BCUT2D eigenvalue weighted by Gasteiger charge is -2.02. The quantitative estimate of drug-likeness (QED) is 0.202. The fourth-order valence-electron chi connectivity index (χ4n) is 1.03. The van der Waals surface area contributed by atoms with E-state index in [-0.39, 0.29) is 5.84 Å². The molecule has 0 fully saturated rings. The minimum atomic E-state index is 0.191. The highest BCUT2D eigenvalue weighted by molar-refractivity contribution is 5.81. The van der Waals surface area contributed by atoms with E-state index in [9.17, 15) is 0 Å². The monoisotopic (exact) mass is 194 g/mol. The van der Waals surface area contributed by atoms with E-state index in [2.05, 4.69) is 15.5 Å². The highest BCUT2D eigenvalue weighted by Crippen LogP contribution is 1.94. The largest absolute Gasteiger partial charge is 0.409 e. The summed E-state index contributed by atoms with van der Waals surface area (Å²) in [6.45, 7) is 1.18. The Morgan fingerprint density at radius 2 is 2.50 bits per heavy atom. The number of nitrogens with two attached hydrogens (primary N) is 1. The second-order valence-electron chi connectivity index (χ2n) is 2.88. The van der Waals surface area contributed by atoms with Gasteiger partial charge in [0.25, 0.3) is 0 Å². The molecule has 5 heteroatoms. The van der Waals surface area contributed by atoms with Gasteiger partial charge >= 0.3 is 0 Å². The van der Waals surface area contributed by atoms with Crippen LogP contribution in [0.5, 0.6) is 0 Å². The van der Waals surface area contributed by atoms with Gasteiger partial charge in [0.15, 0.2) is 5.84 Å². The SMILES string of the molecule is NC(CNCCc1cccnc1)=NO. The zero-order valence-electron chi connectivity index (χ0n) is 7.85. The van der Waals surface area contributed by atoms with Crippen molar-refractivity contribution in [3.63, 3.8) is 0 Å². The van der Waals surface area contributed by atoms with Crippen LogP contribution in [0.4, 0.5) is 0 Å². The van der Waals surface area contributed by atoms with Gasteiger partial charge in [0, 0.05) is 12.4 Å². The summed E-state index contributed by atoms with van der Waals surface area (Å²) in [5.41, 5.74) is 6.44. The average molecular weight is 194 g/mol. The molecule has 0 radical (unpaired) electrons. The van der Waals surface area contributed by atoms with Gasteiger partial charge in [-0.2, -0.15) is 0 Å². The number of hydrogen-bond acceptors (Lipinski definition) is 4. The highest BCUT2D eigenvalue weighted by atomic mass is 16.4. The second kappa shape index (κ2) is 5.93. The first-order valence-electron chi connectivity index (χ1n) is 4.39. The van der Waals surface area contributed by atoms with E-state index < -0.39 is 0 Å². The molecule has 0 aliphatic carbocycles. The lowest BCUT2D eigenvalue weighted by Crippen LogP contribution is -2.30. The normalized spacial score (nSPS) is 11.6. The maximum absolute atomic E-state index is 8.26. The summed E-state index contributed by atoms with van der Waals surface area (Å²) in [6.07, 6.45) is 4.45.